The molecule has 2 aromatic carbocycles. The molecule has 196 valence electrons. The van der Waals surface area contributed by atoms with Crippen LogP contribution in [0.5, 0.6) is 11.5 Å². The van der Waals surface area contributed by atoms with Crippen LogP contribution in [-0.4, -0.2) is 69.5 Å². The molecule has 4 rings (SSSR count). The van der Waals surface area contributed by atoms with Crippen molar-refractivity contribution in [3.63, 3.8) is 0 Å². The number of carbonyl (C=O) groups excluding carboxylic acids is 1. The van der Waals surface area contributed by atoms with Gasteiger partial charge in [0, 0.05) is 20.1 Å². The number of nitrogens with zero attached hydrogens (tertiary/aromatic N) is 2. The Hall–Kier alpha value is -2.66. The van der Waals surface area contributed by atoms with E-state index < -0.39 is 27.2 Å². The zero-order valence-electron chi connectivity index (χ0n) is 21.0. The molecule has 0 bridgehead atoms. The van der Waals surface area contributed by atoms with Crippen LogP contribution < -0.4 is 9.47 Å². The normalized spacial score (nSPS) is 23.4. The van der Waals surface area contributed by atoms with Gasteiger partial charge in [0.05, 0.1) is 32.3 Å². The van der Waals surface area contributed by atoms with E-state index in [9.17, 15) is 13.2 Å². The number of methoxy groups -OCH3 is 1. The minimum Gasteiger partial charge on any atom is -0.493 e. The largest absolute Gasteiger partial charge is 0.493 e. The summed E-state index contributed by atoms with van der Waals surface area (Å²) >= 11 is 0. The summed E-state index contributed by atoms with van der Waals surface area (Å²) in [6, 6.07) is 14.7. The molecule has 0 spiro atoms. The molecule has 2 fully saturated rings. The van der Waals surface area contributed by atoms with Gasteiger partial charge in [0.2, 0.25) is 10.0 Å². The summed E-state index contributed by atoms with van der Waals surface area (Å²) in [4.78, 5) is 18.0. The van der Waals surface area contributed by atoms with Gasteiger partial charge < -0.3 is 14.2 Å². The summed E-state index contributed by atoms with van der Waals surface area (Å²) in [5.74, 6) is 0.289. The van der Waals surface area contributed by atoms with Gasteiger partial charge >= 0.3 is 5.97 Å². The molecule has 0 aliphatic carbocycles. The van der Waals surface area contributed by atoms with E-state index in [1.54, 1.807) is 38.3 Å². The van der Waals surface area contributed by atoms with Crippen molar-refractivity contribution in [2.24, 2.45) is 5.92 Å². The molecule has 2 heterocycles. The zero-order chi connectivity index (χ0) is 25.7. The number of ether oxygens (including phenoxy) is 3. The van der Waals surface area contributed by atoms with E-state index in [2.05, 4.69) is 0 Å². The second-order valence-corrected chi connectivity index (χ2v) is 11.2. The lowest BCUT2D eigenvalue weighted by Gasteiger charge is -2.34. The number of sulfonamides is 1. The van der Waals surface area contributed by atoms with E-state index >= 15 is 0 Å². The van der Waals surface area contributed by atoms with Crippen LogP contribution in [0.2, 0.25) is 0 Å². The molecule has 3 atom stereocenters. The zero-order valence-corrected chi connectivity index (χ0v) is 21.8. The molecule has 0 radical (unpaired) electrons. The van der Waals surface area contributed by atoms with Gasteiger partial charge in [0.1, 0.15) is 11.9 Å². The predicted octanol–water partition coefficient (Wildman–Crippen LogP) is 3.17. The molecular formula is C26H34N2O7S. The van der Waals surface area contributed by atoms with Crippen molar-refractivity contribution in [1.29, 1.82) is 0 Å². The Labute approximate surface area is 212 Å². The molecule has 0 aromatic heterocycles. The first kappa shape index (κ1) is 26.4. The van der Waals surface area contributed by atoms with E-state index in [1.165, 1.54) is 4.31 Å². The highest BCUT2D eigenvalue weighted by atomic mass is 32.2. The van der Waals surface area contributed by atoms with E-state index in [-0.39, 0.29) is 25.7 Å². The maximum Gasteiger partial charge on any atom is 0.310 e. The first-order valence-electron chi connectivity index (χ1n) is 12.2. The molecular weight excluding hydrogens is 484 g/mol. The van der Waals surface area contributed by atoms with Gasteiger partial charge in [0.25, 0.3) is 0 Å². The van der Waals surface area contributed by atoms with Crippen LogP contribution in [0.1, 0.15) is 36.9 Å². The monoisotopic (exact) mass is 518 g/mol. The Morgan fingerprint density at radius 1 is 1.14 bits per heavy atom. The van der Waals surface area contributed by atoms with Gasteiger partial charge in [-0.3, -0.25) is 9.63 Å². The van der Waals surface area contributed by atoms with Crippen LogP contribution >= 0.6 is 0 Å². The second-order valence-electron chi connectivity index (χ2n) is 9.00. The topological polar surface area (TPSA) is 94.6 Å². The molecule has 9 nitrogen and oxygen atoms in total. The maximum absolute atomic E-state index is 13.7. The summed E-state index contributed by atoms with van der Waals surface area (Å²) in [6.45, 7) is 2.94. The molecule has 36 heavy (non-hydrogen) atoms. The molecule has 0 unspecified atom stereocenters. The molecule has 2 aliphatic heterocycles. The van der Waals surface area contributed by atoms with Crippen LogP contribution in [0.4, 0.5) is 0 Å². The van der Waals surface area contributed by atoms with Gasteiger partial charge in [-0.15, -0.1) is 0 Å². The molecule has 0 saturated carbocycles. The summed E-state index contributed by atoms with van der Waals surface area (Å²) in [6.07, 6.45) is 1.23. The van der Waals surface area contributed by atoms with E-state index in [4.69, 9.17) is 19.0 Å². The molecule has 0 amide bonds. The maximum atomic E-state index is 13.7. The molecule has 10 heteroatoms. The lowest BCUT2D eigenvalue weighted by Crippen LogP contribution is -2.48. The van der Waals surface area contributed by atoms with Crippen LogP contribution in [0, 0.1) is 5.92 Å². The molecule has 2 aromatic rings. The first-order chi connectivity index (χ1) is 17.3. The number of hydrogen-bond acceptors (Lipinski definition) is 8. The number of hydrogen-bond donors (Lipinski definition) is 0. The summed E-state index contributed by atoms with van der Waals surface area (Å²) in [5.41, 5.74) is 1.77. The fourth-order valence-electron chi connectivity index (χ4n) is 4.81. The van der Waals surface area contributed by atoms with Crippen molar-refractivity contribution in [1.82, 2.24) is 9.37 Å². The highest BCUT2D eigenvalue weighted by Crippen LogP contribution is 2.39. The van der Waals surface area contributed by atoms with Crippen LogP contribution in [0.3, 0.4) is 0 Å². The van der Waals surface area contributed by atoms with Crippen LogP contribution in [0.15, 0.2) is 48.5 Å². The fourth-order valence-corrected chi connectivity index (χ4v) is 6.85. The third-order valence-electron chi connectivity index (χ3n) is 6.70. The Morgan fingerprint density at radius 2 is 1.92 bits per heavy atom. The van der Waals surface area contributed by atoms with Crippen molar-refractivity contribution in [3.8, 4) is 11.5 Å². The molecule has 2 saturated heterocycles. The number of hydroxylamine groups is 2. The first-order valence-corrected chi connectivity index (χ1v) is 13.7. The third kappa shape index (κ3) is 5.67. The van der Waals surface area contributed by atoms with E-state index in [0.717, 1.165) is 11.1 Å². The van der Waals surface area contributed by atoms with Crippen LogP contribution in [0.25, 0.3) is 0 Å². The summed E-state index contributed by atoms with van der Waals surface area (Å²) < 4.78 is 45.6. The van der Waals surface area contributed by atoms with Gasteiger partial charge in [0.15, 0.2) is 11.5 Å². The van der Waals surface area contributed by atoms with Gasteiger partial charge in [-0.1, -0.05) is 36.4 Å². The van der Waals surface area contributed by atoms with Crippen molar-refractivity contribution in [3.05, 3.63) is 59.7 Å². The Kier molecular flexibility index (Phi) is 8.50. The highest BCUT2D eigenvalue weighted by molar-refractivity contribution is 7.89. The number of benzene rings is 2. The quantitative estimate of drug-likeness (QED) is 0.468. The SMILES string of the molecule is CCOC(=O)[C@@H]1CCCN(S(=O)(=O)[C@@H]2CON(C)[C@@H]2c2ccc(OCc3ccccc3)c(OC)c2)C1. The van der Waals surface area contributed by atoms with Crippen LogP contribution in [-0.2, 0) is 31.0 Å². The van der Waals surface area contributed by atoms with Gasteiger partial charge in [-0.05, 0) is 43.0 Å². The van der Waals surface area contributed by atoms with Gasteiger partial charge in [-0.2, -0.15) is 5.06 Å². The average molecular weight is 519 g/mol. The number of carbonyl (C=O) groups is 1. The lowest BCUT2D eigenvalue weighted by molar-refractivity contribution is -0.149. The summed E-state index contributed by atoms with van der Waals surface area (Å²) in [5, 5.41) is 0.748. The smallest absolute Gasteiger partial charge is 0.310 e. The Bertz CT molecular complexity index is 1140. The lowest BCUT2D eigenvalue weighted by atomic mass is 10.0. The van der Waals surface area contributed by atoms with Crippen molar-refractivity contribution < 1.29 is 32.3 Å². The fraction of sp³-hybridized carbons (Fsp3) is 0.500. The average Bonchev–Trinajstić information content (AvgIpc) is 3.30. The summed E-state index contributed by atoms with van der Waals surface area (Å²) in [7, 11) is -0.480. The number of esters is 1. The third-order valence-corrected chi connectivity index (χ3v) is 8.91. The second kappa shape index (κ2) is 11.6. The minimum atomic E-state index is -3.76. The highest BCUT2D eigenvalue weighted by Gasteiger charge is 2.47. The van der Waals surface area contributed by atoms with Gasteiger partial charge in [-0.25, -0.2) is 12.7 Å². The predicted molar refractivity (Wildman–Crippen MR) is 134 cm³/mol. The standard InChI is InChI=1S/C26H34N2O7S/c1-4-33-26(29)21-11-8-14-28(16-21)36(30,31)24-18-35-27(2)25(24)20-12-13-22(23(15-20)32-3)34-17-19-9-6-5-7-10-19/h5-7,9-10,12-13,15,21,24-25H,4,8,11,14,16-18H2,1-3H3/t21-,24-,25-/m1/s1. The van der Waals surface area contributed by atoms with E-state index in [0.29, 0.717) is 37.5 Å². The van der Waals surface area contributed by atoms with Crippen molar-refractivity contribution >= 4 is 16.0 Å². The number of rotatable bonds is 9. The van der Waals surface area contributed by atoms with Crippen molar-refractivity contribution in [2.75, 3.05) is 40.5 Å². The molecule has 0 N–H and O–H groups in total. The Balaban J connectivity index is 1.54. The van der Waals surface area contributed by atoms with E-state index in [1.807, 2.05) is 36.4 Å². The van der Waals surface area contributed by atoms with Crippen molar-refractivity contribution in [2.45, 2.75) is 37.7 Å². The minimum absolute atomic E-state index is 0.0264. The molecule has 2 aliphatic rings. The Morgan fingerprint density at radius 3 is 2.64 bits per heavy atom. The number of piperidine rings is 1.